The molecule has 0 heterocycles. The van der Waals surface area contributed by atoms with Crippen LogP contribution in [0, 0.1) is 0 Å². The highest BCUT2D eigenvalue weighted by molar-refractivity contribution is 5.72. The lowest BCUT2D eigenvalue weighted by atomic mass is 9.94. The monoisotopic (exact) mass is 201 g/mol. The molecule has 0 saturated heterocycles. The van der Waals surface area contributed by atoms with Crippen molar-refractivity contribution in [2.24, 2.45) is 0 Å². The summed E-state index contributed by atoms with van der Waals surface area (Å²) in [6, 6.07) is 0. The fraction of sp³-hybridized carbons (Fsp3) is 0.917. The van der Waals surface area contributed by atoms with Crippen LogP contribution in [-0.4, -0.2) is 29.8 Å². The molecule has 0 N–H and O–H groups in total. The normalized spacial score (nSPS) is 10.9. The maximum absolute atomic E-state index is 9.44. The summed E-state index contributed by atoms with van der Waals surface area (Å²) >= 11 is 0. The number of hydrogen-bond acceptors (Lipinski definition) is 2. The van der Waals surface area contributed by atoms with Crippen molar-refractivity contribution in [2.45, 2.75) is 59.9 Å². The van der Waals surface area contributed by atoms with Crippen LogP contribution in [0.4, 0.5) is 0 Å². The third-order valence-corrected chi connectivity index (χ3v) is 2.92. The first-order chi connectivity index (χ1) is 6.33. The van der Waals surface area contributed by atoms with E-state index in [0.29, 0.717) is 5.54 Å². The van der Waals surface area contributed by atoms with Gasteiger partial charge in [0.2, 0.25) is 0 Å². The molecule has 0 aromatic rings. The fourth-order valence-electron chi connectivity index (χ4n) is 1.17. The average Bonchev–Trinajstić information content (AvgIpc) is 2.14. The lowest BCUT2D eigenvalue weighted by molar-refractivity contribution is -0.114. The van der Waals surface area contributed by atoms with E-state index in [-0.39, 0.29) is 5.78 Å². The van der Waals surface area contributed by atoms with E-state index in [1.54, 1.807) is 0 Å². The minimum atomic E-state index is 0.167. The second-order valence-corrected chi connectivity index (χ2v) is 4.13. The van der Waals surface area contributed by atoms with Crippen LogP contribution in [0.2, 0.25) is 0 Å². The van der Waals surface area contributed by atoms with Gasteiger partial charge in [-0.25, -0.2) is 0 Å². The first kappa shape index (κ1) is 16.1. The Labute approximate surface area is 89.7 Å². The first-order valence-electron chi connectivity index (χ1n) is 5.52. The molecule has 86 valence electrons. The third-order valence-electron chi connectivity index (χ3n) is 2.92. The second kappa shape index (κ2) is 7.98. The Morgan fingerprint density at radius 2 is 1.43 bits per heavy atom. The summed E-state index contributed by atoms with van der Waals surface area (Å²) < 4.78 is 0. The molecule has 2 heteroatoms. The van der Waals surface area contributed by atoms with Gasteiger partial charge in [0.05, 0.1) is 0 Å². The van der Waals surface area contributed by atoms with Crippen LogP contribution in [0.5, 0.6) is 0 Å². The van der Waals surface area contributed by atoms with E-state index in [1.165, 1.54) is 26.7 Å². The Morgan fingerprint density at radius 1 is 1.14 bits per heavy atom. The summed E-state index contributed by atoms with van der Waals surface area (Å²) in [4.78, 5) is 11.9. The molecule has 0 aliphatic heterocycles. The average molecular weight is 201 g/mol. The van der Waals surface area contributed by atoms with E-state index in [1.807, 2.05) is 0 Å². The Morgan fingerprint density at radius 3 is 1.50 bits per heavy atom. The molecule has 0 rings (SSSR count). The number of rotatable bonds is 4. The van der Waals surface area contributed by atoms with Gasteiger partial charge in [0.15, 0.2) is 0 Å². The molecule has 0 aromatic carbocycles. The highest BCUT2D eigenvalue weighted by Crippen LogP contribution is 2.20. The number of hydrogen-bond donors (Lipinski definition) is 0. The van der Waals surface area contributed by atoms with Gasteiger partial charge in [0.25, 0.3) is 0 Å². The second-order valence-electron chi connectivity index (χ2n) is 4.13. The van der Waals surface area contributed by atoms with Crippen LogP contribution < -0.4 is 0 Å². The molecule has 0 spiro atoms. The molecule has 0 aliphatic carbocycles. The highest BCUT2D eigenvalue weighted by atomic mass is 16.1. The van der Waals surface area contributed by atoms with E-state index in [4.69, 9.17) is 0 Å². The summed E-state index contributed by atoms with van der Waals surface area (Å²) in [5, 5.41) is 0. The van der Waals surface area contributed by atoms with E-state index in [0.717, 1.165) is 6.54 Å². The highest BCUT2D eigenvalue weighted by Gasteiger charge is 2.22. The van der Waals surface area contributed by atoms with Crippen LogP contribution in [0.25, 0.3) is 0 Å². The zero-order chi connectivity index (χ0) is 11.8. The van der Waals surface area contributed by atoms with Crippen molar-refractivity contribution >= 4 is 5.78 Å². The molecule has 0 amide bonds. The molecule has 2 nitrogen and oxygen atoms in total. The van der Waals surface area contributed by atoms with Crippen molar-refractivity contribution in [2.75, 3.05) is 13.6 Å². The van der Waals surface area contributed by atoms with Gasteiger partial charge >= 0.3 is 0 Å². The molecule has 0 unspecified atom stereocenters. The van der Waals surface area contributed by atoms with E-state index < -0.39 is 0 Å². The summed E-state index contributed by atoms with van der Waals surface area (Å²) in [5.41, 5.74) is 0.425. The van der Waals surface area contributed by atoms with Gasteiger partial charge in [-0.1, -0.05) is 20.8 Å². The van der Waals surface area contributed by atoms with Crippen molar-refractivity contribution in [3.8, 4) is 0 Å². The molecule has 0 bridgehead atoms. The minimum absolute atomic E-state index is 0.167. The molecular formula is C12H27NO. The van der Waals surface area contributed by atoms with Gasteiger partial charge in [-0.05, 0) is 47.2 Å². The molecule has 0 fully saturated rings. The summed E-state index contributed by atoms with van der Waals surface area (Å²) in [7, 11) is 2.20. The van der Waals surface area contributed by atoms with Gasteiger partial charge in [-0.3, -0.25) is 0 Å². The zero-order valence-electron chi connectivity index (χ0n) is 11.0. The standard InChI is InChI=1S/C9H21N.C3H6O/c1-6-9(4,7-2)10(5)8-3;1-3(2)4/h6-8H2,1-5H3;1-2H3. The van der Waals surface area contributed by atoms with Crippen molar-refractivity contribution in [1.29, 1.82) is 0 Å². The van der Waals surface area contributed by atoms with Gasteiger partial charge in [-0.15, -0.1) is 0 Å². The minimum Gasteiger partial charge on any atom is -0.301 e. The lowest BCUT2D eigenvalue weighted by Gasteiger charge is -2.36. The zero-order valence-corrected chi connectivity index (χ0v) is 11.0. The molecule has 0 aliphatic rings. The summed E-state index contributed by atoms with van der Waals surface area (Å²) in [6.07, 6.45) is 2.49. The Hall–Kier alpha value is -0.370. The maximum atomic E-state index is 9.44. The third kappa shape index (κ3) is 7.07. The fourth-order valence-corrected chi connectivity index (χ4v) is 1.17. The Balaban J connectivity index is 0. The van der Waals surface area contributed by atoms with Crippen LogP contribution in [0.15, 0.2) is 0 Å². The Kier molecular flexibility index (Phi) is 9.16. The lowest BCUT2D eigenvalue weighted by Crippen LogP contribution is -2.42. The number of Topliss-reactive ketones (excluding diaryl/α,β-unsaturated/α-hetero) is 1. The SMILES string of the molecule is CC(C)=O.CCN(C)C(C)(CC)CC. The molecule has 0 saturated carbocycles. The van der Waals surface area contributed by atoms with Gasteiger partial charge in [0.1, 0.15) is 5.78 Å². The predicted molar refractivity (Wildman–Crippen MR) is 63.6 cm³/mol. The topological polar surface area (TPSA) is 20.3 Å². The van der Waals surface area contributed by atoms with E-state index >= 15 is 0 Å². The first-order valence-corrected chi connectivity index (χ1v) is 5.52. The summed E-state index contributed by atoms with van der Waals surface area (Å²) in [6.45, 7) is 13.3. The van der Waals surface area contributed by atoms with Crippen LogP contribution >= 0.6 is 0 Å². The van der Waals surface area contributed by atoms with Crippen LogP contribution in [0.3, 0.4) is 0 Å². The van der Waals surface area contributed by atoms with Crippen molar-refractivity contribution < 1.29 is 4.79 Å². The largest absolute Gasteiger partial charge is 0.301 e. The molecule has 0 aromatic heterocycles. The summed E-state index contributed by atoms with van der Waals surface area (Å²) in [5.74, 6) is 0.167. The van der Waals surface area contributed by atoms with Crippen molar-refractivity contribution in [1.82, 2.24) is 4.90 Å². The van der Waals surface area contributed by atoms with Gasteiger partial charge in [0, 0.05) is 5.54 Å². The number of ketones is 1. The molecule has 14 heavy (non-hydrogen) atoms. The Bertz CT molecular complexity index is 146. The van der Waals surface area contributed by atoms with Gasteiger partial charge < -0.3 is 9.69 Å². The molecule has 0 radical (unpaired) electrons. The van der Waals surface area contributed by atoms with Crippen LogP contribution in [-0.2, 0) is 4.79 Å². The number of carbonyl (C=O) groups excluding carboxylic acids is 1. The van der Waals surface area contributed by atoms with Gasteiger partial charge in [-0.2, -0.15) is 0 Å². The number of carbonyl (C=O) groups is 1. The van der Waals surface area contributed by atoms with Crippen molar-refractivity contribution in [3.63, 3.8) is 0 Å². The van der Waals surface area contributed by atoms with E-state index in [9.17, 15) is 4.79 Å². The number of nitrogens with zero attached hydrogens (tertiary/aromatic N) is 1. The van der Waals surface area contributed by atoms with Crippen molar-refractivity contribution in [3.05, 3.63) is 0 Å². The van der Waals surface area contributed by atoms with Crippen LogP contribution in [0.1, 0.15) is 54.4 Å². The quantitative estimate of drug-likeness (QED) is 0.696. The van der Waals surface area contributed by atoms with E-state index in [2.05, 4.69) is 39.6 Å². The molecular weight excluding hydrogens is 174 g/mol. The smallest absolute Gasteiger partial charge is 0.126 e. The predicted octanol–water partition coefficient (Wildman–Crippen LogP) is 3.11. The maximum Gasteiger partial charge on any atom is 0.126 e. The molecule has 0 atom stereocenters.